The molecule has 2 N–H and O–H groups in total. The molecule has 1 atom stereocenters. The van der Waals surface area contributed by atoms with Crippen LogP contribution in [0.15, 0.2) is 42.5 Å². The predicted octanol–water partition coefficient (Wildman–Crippen LogP) is 4.07. The van der Waals surface area contributed by atoms with E-state index in [-0.39, 0.29) is 17.9 Å². The third-order valence-corrected chi connectivity index (χ3v) is 5.17. The van der Waals surface area contributed by atoms with E-state index in [1.54, 1.807) is 7.05 Å². The average molecular weight is 365 g/mol. The molecule has 1 unspecified atom stereocenters. The van der Waals surface area contributed by atoms with Crippen LogP contribution in [0.1, 0.15) is 45.8 Å². The highest BCUT2D eigenvalue weighted by molar-refractivity contribution is 6.04. The van der Waals surface area contributed by atoms with Crippen molar-refractivity contribution in [1.29, 1.82) is 0 Å². The van der Waals surface area contributed by atoms with Crippen LogP contribution in [0.25, 0.3) is 0 Å². The summed E-state index contributed by atoms with van der Waals surface area (Å²) in [5.74, 6) is 0.146. The van der Waals surface area contributed by atoms with Crippen LogP contribution < -0.4 is 10.6 Å². The Morgan fingerprint density at radius 2 is 1.93 bits per heavy atom. The number of likely N-dealkylation sites (tertiary alicyclic amines) is 1. The van der Waals surface area contributed by atoms with E-state index < -0.39 is 0 Å². The van der Waals surface area contributed by atoms with Crippen molar-refractivity contribution in [3.63, 3.8) is 0 Å². The summed E-state index contributed by atoms with van der Waals surface area (Å²) < 4.78 is 0. The number of nitrogens with zero attached hydrogens (tertiary/aromatic N) is 1. The van der Waals surface area contributed by atoms with E-state index in [9.17, 15) is 9.59 Å². The number of hydrogen-bond donors (Lipinski definition) is 2. The molecule has 27 heavy (non-hydrogen) atoms. The number of aryl methyl sites for hydroxylation is 2. The van der Waals surface area contributed by atoms with Crippen molar-refractivity contribution in [2.24, 2.45) is 0 Å². The van der Waals surface area contributed by atoms with Gasteiger partial charge in [-0.2, -0.15) is 0 Å². The second-order valence-corrected chi connectivity index (χ2v) is 7.24. The summed E-state index contributed by atoms with van der Waals surface area (Å²) in [7, 11) is 1.66. The zero-order chi connectivity index (χ0) is 19.4. The van der Waals surface area contributed by atoms with E-state index >= 15 is 0 Å². The highest BCUT2D eigenvalue weighted by Crippen LogP contribution is 2.28. The second-order valence-electron chi connectivity index (χ2n) is 7.24. The van der Waals surface area contributed by atoms with Crippen molar-refractivity contribution in [2.45, 2.75) is 32.6 Å². The van der Waals surface area contributed by atoms with Crippen LogP contribution in [0.2, 0.25) is 0 Å². The van der Waals surface area contributed by atoms with Crippen LogP contribution in [-0.2, 0) is 0 Å². The smallest absolute Gasteiger partial charge is 0.317 e. The Labute approximate surface area is 160 Å². The van der Waals surface area contributed by atoms with Gasteiger partial charge in [0.2, 0.25) is 0 Å². The molecule has 2 aromatic carbocycles. The molecule has 1 heterocycles. The molecule has 0 bridgehead atoms. The van der Waals surface area contributed by atoms with Gasteiger partial charge in [0.15, 0.2) is 0 Å². The summed E-state index contributed by atoms with van der Waals surface area (Å²) in [4.78, 5) is 26.5. The van der Waals surface area contributed by atoms with Gasteiger partial charge in [0.05, 0.1) is 0 Å². The molecule has 1 aliphatic heterocycles. The first-order valence-electron chi connectivity index (χ1n) is 9.43. The summed E-state index contributed by atoms with van der Waals surface area (Å²) in [5, 5.41) is 5.70. The minimum absolute atomic E-state index is 0.0385. The minimum Gasteiger partial charge on any atom is -0.341 e. The standard InChI is InChI=1S/C22H27N3O2/c1-15-9-10-20(16(2)12-15)24-21(26)18-7-4-6-17(13-18)19-8-5-11-25(14-19)22(27)23-3/h4,6-7,9-10,12-13,19H,5,8,11,14H2,1-3H3,(H,23,27)(H,24,26). The van der Waals surface area contributed by atoms with Gasteiger partial charge in [-0.3, -0.25) is 4.79 Å². The molecule has 0 saturated carbocycles. The van der Waals surface area contributed by atoms with Crippen molar-refractivity contribution in [1.82, 2.24) is 10.2 Å². The molecule has 2 aromatic rings. The molecular weight excluding hydrogens is 338 g/mol. The zero-order valence-corrected chi connectivity index (χ0v) is 16.2. The predicted molar refractivity (Wildman–Crippen MR) is 108 cm³/mol. The molecule has 5 nitrogen and oxygen atoms in total. The van der Waals surface area contributed by atoms with Crippen LogP contribution in [0.4, 0.5) is 10.5 Å². The Kier molecular flexibility index (Phi) is 5.79. The molecular formula is C22H27N3O2. The van der Waals surface area contributed by atoms with Gasteiger partial charge in [-0.15, -0.1) is 0 Å². The summed E-state index contributed by atoms with van der Waals surface area (Å²) in [6, 6.07) is 13.7. The van der Waals surface area contributed by atoms with Crippen LogP contribution in [0.5, 0.6) is 0 Å². The van der Waals surface area contributed by atoms with Crippen molar-refractivity contribution >= 4 is 17.6 Å². The van der Waals surface area contributed by atoms with E-state index in [4.69, 9.17) is 0 Å². The summed E-state index contributed by atoms with van der Waals surface area (Å²) in [6.07, 6.45) is 1.99. The molecule has 3 rings (SSSR count). The van der Waals surface area contributed by atoms with Gasteiger partial charge < -0.3 is 15.5 Å². The Hall–Kier alpha value is -2.82. The molecule has 1 aliphatic rings. The molecule has 1 fully saturated rings. The van der Waals surface area contributed by atoms with Crippen LogP contribution in [0.3, 0.4) is 0 Å². The largest absolute Gasteiger partial charge is 0.341 e. The first-order valence-corrected chi connectivity index (χ1v) is 9.43. The fraction of sp³-hybridized carbons (Fsp3) is 0.364. The van der Waals surface area contributed by atoms with Gasteiger partial charge in [-0.1, -0.05) is 29.8 Å². The fourth-order valence-corrected chi connectivity index (χ4v) is 3.67. The molecule has 142 valence electrons. The number of hydrogen-bond acceptors (Lipinski definition) is 2. The molecule has 0 spiro atoms. The highest BCUT2D eigenvalue weighted by Gasteiger charge is 2.24. The number of nitrogens with one attached hydrogen (secondary N) is 2. The lowest BCUT2D eigenvalue weighted by atomic mass is 9.89. The number of carbonyl (C=O) groups is 2. The van der Waals surface area contributed by atoms with E-state index in [1.807, 2.05) is 55.1 Å². The van der Waals surface area contributed by atoms with E-state index in [1.165, 1.54) is 5.56 Å². The molecule has 3 amide bonds. The Morgan fingerprint density at radius 3 is 2.67 bits per heavy atom. The van der Waals surface area contributed by atoms with Gasteiger partial charge in [-0.25, -0.2) is 4.79 Å². The molecule has 0 aromatic heterocycles. The van der Waals surface area contributed by atoms with Gasteiger partial charge in [-0.05, 0) is 56.0 Å². The van der Waals surface area contributed by atoms with Gasteiger partial charge in [0.1, 0.15) is 0 Å². The SMILES string of the molecule is CNC(=O)N1CCCC(c2cccc(C(=O)Nc3ccc(C)cc3C)c2)C1. The highest BCUT2D eigenvalue weighted by atomic mass is 16.2. The van der Waals surface area contributed by atoms with Crippen LogP contribution in [-0.4, -0.2) is 37.0 Å². The summed E-state index contributed by atoms with van der Waals surface area (Å²) in [6.45, 7) is 5.49. The number of urea groups is 1. The van der Waals surface area contributed by atoms with Crippen molar-refractivity contribution in [3.8, 4) is 0 Å². The third-order valence-electron chi connectivity index (χ3n) is 5.17. The van der Waals surface area contributed by atoms with Gasteiger partial charge in [0.25, 0.3) is 5.91 Å². The van der Waals surface area contributed by atoms with E-state index in [0.717, 1.165) is 36.2 Å². The van der Waals surface area contributed by atoms with Gasteiger partial charge >= 0.3 is 6.03 Å². The third kappa shape index (κ3) is 4.48. The Balaban J connectivity index is 1.74. The molecule has 0 radical (unpaired) electrons. The molecule has 5 heteroatoms. The lowest BCUT2D eigenvalue weighted by Crippen LogP contribution is -2.43. The minimum atomic E-state index is -0.109. The first kappa shape index (κ1) is 19.0. The Morgan fingerprint density at radius 1 is 1.11 bits per heavy atom. The van der Waals surface area contributed by atoms with E-state index in [2.05, 4.69) is 16.7 Å². The monoisotopic (exact) mass is 365 g/mol. The number of carbonyl (C=O) groups excluding carboxylic acids is 2. The summed E-state index contributed by atoms with van der Waals surface area (Å²) in [5.41, 5.74) is 4.80. The van der Waals surface area contributed by atoms with Crippen molar-refractivity contribution in [2.75, 3.05) is 25.5 Å². The molecule has 1 saturated heterocycles. The number of piperidine rings is 1. The topological polar surface area (TPSA) is 61.4 Å². The van der Waals surface area contributed by atoms with E-state index in [0.29, 0.717) is 12.1 Å². The van der Waals surface area contributed by atoms with Gasteiger partial charge in [0, 0.05) is 37.3 Å². The van der Waals surface area contributed by atoms with Crippen molar-refractivity contribution in [3.05, 3.63) is 64.7 Å². The second kappa shape index (κ2) is 8.25. The fourth-order valence-electron chi connectivity index (χ4n) is 3.67. The quantitative estimate of drug-likeness (QED) is 0.861. The Bertz CT molecular complexity index is 847. The number of amides is 3. The molecule has 0 aliphatic carbocycles. The van der Waals surface area contributed by atoms with Crippen LogP contribution >= 0.6 is 0 Å². The van der Waals surface area contributed by atoms with Crippen LogP contribution in [0, 0.1) is 13.8 Å². The lowest BCUT2D eigenvalue weighted by molar-refractivity contribution is 0.102. The maximum Gasteiger partial charge on any atom is 0.317 e. The number of anilines is 1. The summed E-state index contributed by atoms with van der Waals surface area (Å²) >= 11 is 0. The normalized spacial score (nSPS) is 16.7. The average Bonchev–Trinajstić information content (AvgIpc) is 2.69. The zero-order valence-electron chi connectivity index (χ0n) is 16.2. The first-order chi connectivity index (χ1) is 13.0. The number of benzene rings is 2. The maximum absolute atomic E-state index is 12.7. The maximum atomic E-state index is 12.7. The lowest BCUT2D eigenvalue weighted by Gasteiger charge is -2.32. The van der Waals surface area contributed by atoms with Crippen molar-refractivity contribution < 1.29 is 9.59 Å². The number of rotatable bonds is 3.